The van der Waals surface area contributed by atoms with Gasteiger partial charge in [0.05, 0.1) is 24.0 Å². The Labute approximate surface area is 201 Å². The molecule has 3 unspecified atom stereocenters. The molecule has 7 nitrogen and oxygen atoms in total. The summed E-state index contributed by atoms with van der Waals surface area (Å²) in [6, 6.07) is 9.44. The van der Waals surface area contributed by atoms with Crippen molar-refractivity contribution in [3.05, 3.63) is 35.9 Å². The number of carbonyl (C=O) groups excluding carboxylic acids is 2. The van der Waals surface area contributed by atoms with Crippen LogP contribution in [0.5, 0.6) is 0 Å². The lowest BCUT2D eigenvalue weighted by Gasteiger charge is -2.36. The highest BCUT2D eigenvalue weighted by atomic mass is 35.5. The summed E-state index contributed by atoms with van der Waals surface area (Å²) >= 11 is 6.50. The first-order valence-electron chi connectivity index (χ1n) is 11.1. The van der Waals surface area contributed by atoms with Crippen molar-refractivity contribution in [2.75, 3.05) is 26.9 Å². The maximum Gasteiger partial charge on any atom is 0.327 e. The minimum absolute atomic E-state index is 0.0296. The monoisotopic (exact) mass is 484 g/mol. The van der Waals surface area contributed by atoms with Crippen molar-refractivity contribution in [2.45, 2.75) is 64.7 Å². The van der Waals surface area contributed by atoms with Crippen LogP contribution < -0.4 is 0 Å². The molecule has 0 heterocycles. The van der Waals surface area contributed by atoms with Crippen LogP contribution in [0.1, 0.15) is 65.4 Å². The number of carboxylic acids is 1. The first-order chi connectivity index (χ1) is 15.3. The van der Waals surface area contributed by atoms with E-state index in [1.54, 1.807) is 27.7 Å². The number of rotatable bonds is 14. The maximum absolute atomic E-state index is 12.5. The Kier molecular flexibility index (Phi) is 10.8. The normalized spacial score (nSPS) is 16.2. The number of benzene rings is 1. The second-order valence-electron chi connectivity index (χ2n) is 9.49. The minimum atomic E-state index is -1.54. The number of methoxy groups -OCH3 is 1. The fraction of sp³-hybridized carbons (Fsp3) is 0.640. The smallest absolute Gasteiger partial charge is 0.327 e. The van der Waals surface area contributed by atoms with E-state index in [0.717, 1.165) is 5.56 Å². The second kappa shape index (κ2) is 12.4. The van der Waals surface area contributed by atoms with E-state index in [1.165, 1.54) is 14.0 Å². The van der Waals surface area contributed by atoms with Crippen LogP contribution in [0, 0.1) is 10.8 Å². The van der Waals surface area contributed by atoms with E-state index in [9.17, 15) is 19.5 Å². The van der Waals surface area contributed by atoms with Crippen LogP contribution in [-0.4, -0.2) is 54.8 Å². The zero-order valence-corrected chi connectivity index (χ0v) is 21.2. The van der Waals surface area contributed by atoms with Crippen LogP contribution in [-0.2, 0) is 28.6 Å². The van der Waals surface area contributed by atoms with Gasteiger partial charge in [0, 0.05) is 7.11 Å². The van der Waals surface area contributed by atoms with Crippen molar-refractivity contribution in [1.82, 2.24) is 0 Å². The molecule has 186 valence electrons. The summed E-state index contributed by atoms with van der Waals surface area (Å²) in [6.45, 7) is 8.88. The van der Waals surface area contributed by atoms with Crippen LogP contribution in [0.4, 0.5) is 0 Å². The summed E-state index contributed by atoms with van der Waals surface area (Å²) in [4.78, 5) is 36.0. The molecule has 1 aromatic carbocycles. The Morgan fingerprint density at radius 2 is 1.58 bits per heavy atom. The molecule has 33 heavy (non-hydrogen) atoms. The van der Waals surface area contributed by atoms with Gasteiger partial charge in [0.25, 0.3) is 0 Å². The fourth-order valence-electron chi connectivity index (χ4n) is 4.01. The summed E-state index contributed by atoms with van der Waals surface area (Å²) in [5.41, 5.74) is -1.29. The van der Waals surface area contributed by atoms with Gasteiger partial charge >= 0.3 is 17.9 Å². The third-order valence-electron chi connectivity index (χ3n) is 5.74. The molecule has 0 aliphatic heterocycles. The number of aliphatic carboxylic acids is 1. The third kappa shape index (κ3) is 8.63. The van der Waals surface area contributed by atoms with Gasteiger partial charge < -0.3 is 19.3 Å². The van der Waals surface area contributed by atoms with Gasteiger partial charge in [-0.3, -0.25) is 14.4 Å². The molecule has 1 aromatic rings. The molecule has 0 aromatic heterocycles. The highest BCUT2D eigenvalue weighted by Gasteiger charge is 2.47. The Balaban J connectivity index is 3.22. The van der Waals surface area contributed by atoms with Crippen molar-refractivity contribution in [1.29, 1.82) is 0 Å². The SMILES string of the molecule is CCOC(=O)C(C)(C)CC(CC(C)(CC(C)(Cl)C(=O)OCCOC)C(=O)O)c1ccccc1. The molecule has 8 heteroatoms. The molecule has 0 bridgehead atoms. The number of carboxylic acid groups (broad SMARTS) is 1. The molecule has 0 fully saturated rings. The van der Waals surface area contributed by atoms with E-state index >= 15 is 0 Å². The van der Waals surface area contributed by atoms with Crippen molar-refractivity contribution in [3.63, 3.8) is 0 Å². The highest BCUT2D eigenvalue weighted by Crippen LogP contribution is 2.45. The Hall–Kier alpha value is -2.12. The molecule has 3 atom stereocenters. The van der Waals surface area contributed by atoms with Gasteiger partial charge in [-0.2, -0.15) is 0 Å². The fourth-order valence-corrected chi connectivity index (χ4v) is 4.36. The van der Waals surface area contributed by atoms with Gasteiger partial charge in [0.2, 0.25) is 0 Å². The summed E-state index contributed by atoms with van der Waals surface area (Å²) < 4.78 is 15.3. The van der Waals surface area contributed by atoms with Gasteiger partial charge in [-0.15, -0.1) is 11.6 Å². The van der Waals surface area contributed by atoms with E-state index < -0.39 is 27.6 Å². The van der Waals surface area contributed by atoms with Crippen LogP contribution in [0.15, 0.2) is 30.3 Å². The van der Waals surface area contributed by atoms with Gasteiger partial charge in [0.1, 0.15) is 11.5 Å². The van der Waals surface area contributed by atoms with Crippen molar-refractivity contribution in [2.24, 2.45) is 10.8 Å². The van der Waals surface area contributed by atoms with Crippen molar-refractivity contribution < 1.29 is 33.7 Å². The minimum Gasteiger partial charge on any atom is -0.481 e. The Bertz CT molecular complexity index is 791. The lowest BCUT2D eigenvalue weighted by atomic mass is 9.69. The van der Waals surface area contributed by atoms with Crippen molar-refractivity contribution >= 4 is 29.5 Å². The second-order valence-corrected chi connectivity index (χ2v) is 10.3. The van der Waals surface area contributed by atoms with E-state index in [2.05, 4.69) is 0 Å². The molecule has 1 N–H and O–H groups in total. The van der Waals surface area contributed by atoms with E-state index in [-0.39, 0.29) is 44.5 Å². The van der Waals surface area contributed by atoms with Crippen LogP contribution in [0.3, 0.4) is 0 Å². The third-order valence-corrected chi connectivity index (χ3v) is 6.03. The van der Waals surface area contributed by atoms with Crippen LogP contribution >= 0.6 is 11.6 Å². The quantitative estimate of drug-likeness (QED) is 0.230. The zero-order valence-electron chi connectivity index (χ0n) is 20.5. The summed E-state index contributed by atoms with van der Waals surface area (Å²) in [5.74, 6) is -2.40. The number of halogens is 1. The molecule has 0 saturated heterocycles. The molecule has 0 aliphatic rings. The molecular formula is C25H37ClO7. The molecule has 0 aliphatic carbocycles. The maximum atomic E-state index is 12.5. The highest BCUT2D eigenvalue weighted by molar-refractivity contribution is 6.33. The molecule has 0 amide bonds. The summed E-state index contributed by atoms with van der Waals surface area (Å²) in [7, 11) is 1.48. The average Bonchev–Trinajstić information content (AvgIpc) is 2.73. The standard InChI is InChI=1S/C25H37ClO7/c1-7-32-21(29)23(2,3)15-19(18-11-9-8-10-12-18)16-24(4,20(27)28)17-25(5,26)22(30)33-14-13-31-6/h8-12,19H,7,13-17H2,1-6H3,(H,27,28). The molecular weight excluding hydrogens is 448 g/mol. The van der Waals surface area contributed by atoms with Gasteiger partial charge in [0.15, 0.2) is 0 Å². The molecule has 1 rings (SSSR count). The summed E-state index contributed by atoms with van der Waals surface area (Å²) in [5, 5.41) is 10.2. The Morgan fingerprint density at radius 1 is 0.970 bits per heavy atom. The van der Waals surface area contributed by atoms with Crippen LogP contribution in [0.2, 0.25) is 0 Å². The number of carbonyl (C=O) groups is 3. The topological polar surface area (TPSA) is 99.1 Å². The van der Waals surface area contributed by atoms with E-state index in [1.807, 2.05) is 30.3 Å². The molecule has 0 radical (unpaired) electrons. The first-order valence-corrected chi connectivity index (χ1v) is 11.5. The number of esters is 2. The lowest BCUT2D eigenvalue weighted by Crippen LogP contribution is -2.42. The number of hydrogen-bond donors (Lipinski definition) is 1. The van der Waals surface area contributed by atoms with Gasteiger partial charge in [-0.05, 0) is 65.4 Å². The van der Waals surface area contributed by atoms with Crippen LogP contribution in [0.25, 0.3) is 0 Å². The number of ether oxygens (including phenoxy) is 3. The van der Waals surface area contributed by atoms with Gasteiger partial charge in [-0.25, -0.2) is 0 Å². The molecule has 0 saturated carbocycles. The predicted octanol–water partition coefficient (Wildman–Crippen LogP) is 4.81. The summed E-state index contributed by atoms with van der Waals surface area (Å²) in [6.07, 6.45) is 0.394. The van der Waals surface area contributed by atoms with Gasteiger partial charge in [-0.1, -0.05) is 30.3 Å². The van der Waals surface area contributed by atoms with E-state index in [0.29, 0.717) is 6.42 Å². The lowest BCUT2D eigenvalue weighted by molar-refractivity contribution is -0.154. The number of hydrogen-bond acceptors (Lipinski definition) is 6. The van der Waals surface area contributed by atoms with E-state index in [4.69, 9.17) is 25.8 Å². The number of alkyl halides is 1. The van der Waals surface area contributed by atoms with Crippen molar-refractivity contribution in [3.8, 4) is 0 Å². The Morgan fingerprint density at radius 3 is 2.09 bits per heavy atom. The average molecular weight is 485 g/mol. The predicted molar refractivity (Wildman–Crippen MR) is 126 cm³/mol. The molecule has 0 spiro atoms. The zero-order chi connectivity index (χ0) is 25.3. The largest absolute Gasteiger partial charge is 0.481 e. The first kappa shape index (κ1) is 28.9.